The Hall–Kier alpha value is -3.04. The van der Waals surface area contributed by atoms with Crippen LogP contribution in [-0.4, -0.2) is 108 Å². The molecule has 9 atom stereocenters. The molecule has 4 rings (SSSR count). The summed E-state index contributed by atoms with van der Waals surface area (Å²) in [6.45, 7) is 11.3. The molecule has 2 saturated heterocycles. The molecular weight excluding hydrogens is 712 g/mol. The number of allylic oxidation sites excluding steroid dienone is 3. The Morgan fingerprint density at radius 1 is 0.891 bits per heavy atom. The third-order valence-electron chi connectivity index (χ3n) is 11.0. The van der Waals surface area contributed by atoms with Crippen LogP contribution in [0.1, 0.15) is 98.3 Å². The van der Waals surface area contributed by atoms with E-state index in [1.807, 2.05) is 13.8 Å². The third kappa shape index (κ3) is 16.2. The highest BCUT2D eigenvalue weighted by molar-refractivity contribution is 5.72. The normalized spacial score (nSPS) is 28.1. The number of fused-ring (bicyclic) bond motifs is 1. The molecule has 0 aromatic carbocycles. The van der Waals surface area contributed by atoms with Gasteiger partial charge in [0.25, 0.3) is 0 Å². The Morgan fingerprint density at radius 3 is 2.29 bits per heavy atom. The summed E-state index contributed by atoms with van der Waals surface area (Å²) in [4.78, 5) is 49.5. The van der Waals surface area contributed by atoms with Gasteiger partial charge in [0.05, 0.1) is 52.0 Å². The number of rotatable bonds is 24. The second-order valence-electron chi connectivity index (χ2n) is 15.4. The molecule has 2 N–H and O–H groups in total. The predicted octanol–water partition coefficient (Wildman–Crippen LogP) is 5.38. The molecule has 0 radical (unpaired) electrons. The zero-order valence-corrected chi connectivity index (χ0v) is 33.5. The number of ether oxygens (including phenoxy) is 8. The van der Waals surface area contributed by atoms with E-state index in [1.165, 1.54) is 5.57 Å². The summed E-state index contributed by atoms with van der Waals surface area (Å²) in [5.74, 6) is -0.00720. The van der Waals surface area contributed by atoms with Crippen molar-refractivity contribution in [2.24, 2.45) is 29.6 Å². The van der Waals surface area contributed by atoms with Crippen LogP contribution in [0.15, 0.2) is 23.8 Å². The van der Waals surface area contributed by atoms with Gasteiger partial charge < -0.3 is 37.9 Å². The van der Waals surface area contributed by atoms with Gasteiger partial charge in [0.15, 0.2) is 0 Å². The molecule has 312 valence electrons. The summed E-state index contributed by atoms with van der Waals surface area (Å²) < 4.78 is 44.1. The molecule has 2 fully saturated rings. The zero-order valence-electron chi connectivity index (χ0n) is 33.5. The minimum absolute atomic E-state index is 0.00217. The third-order valence-corrected chi connectivity index (χ3v) is 11.0. The fourth-order valence-electron chi connectivity index (χ4n) is 7.74. The van der Waals surface area contributed by atoms with Gasteiger partial charge in [-0.3, -0.25) is 25.2 Å². The average molecular weight is 779 g/mol. The molecule has 0 spiro atoms. The number of nitrogens with one attached hydrogen (secondary N) is 2. The van der Waals surface area contributed by atoms with E-state index in [9.17, 15) is 19.2 Å². The van der Waals surface area contributed by atoms with Gasteiger partial charge >= 0.3 is 24.1 Å². The predicted molar refractivity (Wildman–Crippen MR) is 202 cm³/mol. The van der Waals surface area contributed by atoms with Crippen LogP contribution in [-0.2, 0) is 52.3 Å². The standard InChI is InChI=1S/C41H66N2O12/c1-5-29(3)40(46)55-36-25-28(2)24-31-11-10-30(4)35(39(31)36)13-12-33-26-34(27-38(45)53-33)54-41(47)52-23-21-50-19-17-48-16-18-49-20-22-51-37(44)9-7-6-8-32-14-15-42-43-32/h10-11,24,28-30,32-36,39,42-43H,5-9,12-23,25-27H2,1-4H3. The first-order valence-corrected chi connectivity index (χ1v) is 20.6. The van der Waals surface area contributed by atoms with Crippen molar-refractivity contribution in [2.45, 2.75) is 123 Å². The van der Waals surface area contributed by atoms with Gasteiger partial charge in [-0.2, -0.15) is 0 Å². The molecule has 14 nitrogen and oxygen atoms in total. The second kappa shape index (κ2) is 24.6. The van der Waals surface area contributed by atoms with Crippen molar-refractivity contribution >= 4 is 24.1 Å². The Balaban J connectivity index is 1.02. The first kappa shape index (κ1) is 44.7. The highest BCUT2D eigenvalue weighted by atomic mass is 16.7. The van der Waals surface area contributed by atoms with E-state index in [0.717, 1.165) is 51.5 Å². The Morgan fingerprint density at radius 2 is 1.60 bits per heavy atom. The first-order valence-electron chi connectivity index (χ1n) is 20.6. The highest BCUT2D eigenvalue weighted by Gasteiger charge is 2.42. The SMILES string of the molecule is CCC(C)C(=O)OC1CC(C)C=C2C=CC(C)C(CCC3CC(OC(=O)OCCOCCOCCOCCOC(=O)CCCCC4CCNN4)CC(=O)O3)C21. The number of carbonyl (C=O) groups excluding carboxylic acids is 4. The van der Waals surface area contributed by atoms with E-state index in [-0.39, 0.29) is 74.1 Å². The maximum atomic E-state index is 12.8. The minimum Gasteiger partial charge on any atom is -0.463 e. The van der Waals surface area contributed by atoms with Gasteiger partial charge in [-0.05, 0) is 68.3 Å². The lowest BCUT2D eigenvalue weighted by Crippen LogP contribution is -2.42. The van der Waals surface area contributed by atoms with E-state index in [4.69, 9.17) is 37.9 Å². The molecule has 4 aliphatic rings. The molecular formula is C41H66N2O12. The van der Waals surface area contributed by atoms with Crippen LogP contribution in [0.2, 0.25) is 0 Å². The van der Waals surface area contributed by atoms with Crippen molar-refractivity contribution in [3.8, 4) is 0 Å². The monoisotopic (exact) mass is 778 g/mol. The van der Waals surface area contributed by atoms with Crippen molar-refractivity contribution in [1.82, 2.24) is 10.9 Å². The Bertz CT molecular complexity index is 1250. The van der Waals surface area contributed by atoms with Crippen molar-refractivity contribution in [3.05, 3.63) is 23.8 Å². The van der Waals surface area contributed by atoms with Crippen LogP contribution >= 0.6 is 0 Å². The van der Waals surface area contributed by atoms with Crippen LogP contribution in [0.3, 0.4) is 0 Å². The molecule has 55 heavy (non-hydrogen) atoms. The summed E-state index contributed by atoms with van der Waals surface area (Å²) in [6, 6.07) is 0.500. The maximum absolute atomic E-state index is 12.8. The fourth-order valence-corrected chi connectivity index (χ4v) is 7.74. The topological polar surface area (TPSA) is 166 Å². The minimum atomic E-state index is -0.848. The quantitative estimate of drug-likeness (QED) is 0.0729. The van der Waals surface area contributed by atoms with Gasteiger partial charge in [-0.1, -0.05) is 52.3 Å². The Kier molecular flexibility index (Phi) is 20.0. The van der Waals surface area contributed by atoms with Crippen LogP contribution in [0, 0.1) is 29.6 Å². The van der Waals surface area contributed by atoms with E-state index >= 15 is 0 Å². The largest absolute Gasteiger partial charge is 0.508 e. The van der Waals surface area contributed by atoms with Crippen molar-refractivity contribution in [3.63, 3.8) is 0 Å². The molecule has 14 heteroatoms. The summed E-state index contributed by atoms with van der Waals surface area (Å²) >= 11 is 0. The molecule has 9 unspecified atom stereocenters. The van der Waals surface area contributed by atoms with E-state index in [0.29, 0.717) is 64.3 Å². The van der Waals surface area contributed by atoms with Crippen LogP contribution in [0.4, 0.5) is 4.79 Å². The molecule has 0 aromatic rings. The van der Waals surface area contributed by atoms with Gasteiger partial charge in [0, 0.05) is 31.3 Å². The number of carbonyl (C=O) groups is 4. The summed E-state index contributed by atoms with van der Waals surface area (Å²) in [5.41, 5.74) is 7.55. The van der Waals surface area contributed by atoms with Crippen LogP contribution in [0.5, 0.6) is 0 Å². The molecule has 2 heterocycles. The smallest absolute Gasteiger partial charge is 0.463 e. The van der Waals surface area contributed by atoms with E-state index in [1.54, 1.807) is 0 Å². The van der Waals surface area contributed by atoms with Crippen molar-refractivity contribution < 1.29 is 57.1 Å². The number of hydrazine groups is 1. The lowest BCUT2D eigenvalue weighted by molar-refractivity contribution is -0.163. The second-order valence-corrected chi connectivity index (χ2v) is 15.4. The van der Waals surface area contributed by atoms with E-state index in [2.05, 4.69) is 42.9 Å². The summed E-state index contributed by atoms with van der Waals surface area (Å²) in [7, 11) is 0. The summed E-state index contributed by atoms with van der Waals surface area (Å²) in [5, 5.41) is 0. The first-order chi connectivity index (χ1) is 26.6. The number of hydrogen-bond acceptors (Lipinski definition) is 14. The van der Waals surface area contributed by atoms with Gasteiger partial charge in [-0.25, -0.2) is 4.79 Å². The van der Waals surface area contributed by atoms with Gasteiger partial charge in [-0.15, -0.1) is 0 Å². The lowest BCUT2D eigenvalue weighted by Gasteiger charge is -2.43. The van der Waals surface area contributed by atoms with Crippen LogP contribution in [0.25, 0.3) is 0 Å². The van der Waals surface area contributed by atoms with E-state index < -0.39 is 18.2 Å². The number of cyclic esters (lactones) is 1. The molecule has 2 aliphatic heterocycles. The molecule has 0 bridgehead atoms. The lowest BCUT2D eigenvalue weighted by atomic mass is 9.65. The number of esters is 3. The highest BCUT2D eigenvalue weighted by Crippen LogP contribution is 2.45. The molecule has 2 aliphatic carbocycles. The molecule has 0 amide bonds. The van der Waals surface area contributed by atoms with Crippen molar-refractivity contribution in [1.29, 1.82) is 0 Å². The molecule has 0 saturated carbocycles. The Labute approximate surface area is 327 Å². The van der Waals surface area contributed by atoms with Crippen LogP contribution < -0.4 is 10.9 Å². The molecule has 0 aromatic heterocycles. The zero-order chi connectivity index (χ0) is 39.4. The number of hydrogen-bond donors (Lipinski definition) is 2. The van der Waals surface area contributed by atoms with Crippen molar-refractivity contribution in [2.75, 3.05) is 59.4 Å². The van der Waals surface area contributed by atoms with Gasteiger partial charge in [0.1, 0.15) is 31.5 Å². The fraction of sp³-hybridized carbons (Fsp3) is 0.805. The number of unbranched alkanes of at least 4 members (excludes halogenated alkanes) is 1. The summed E-state index contributed by atoms with van der Waals surface area (Å²) in [6.07, 6.45) is 12.4. The maximum Gasteiger partial charge on any atom is 0.508 e. The van der Waals surface area contributed by atoms with Gasteiger partial charge in [0.2, 0.25) is 0 Å². The average Bonchev–Trinajstić information content (AvgIpc) is 3.68.